The maximum absolute atomic E-state index is 13.6. The largest absolute Gasteiger partial charge is 0.377 e. The Labute approximate surface area is 156 Å². The zero-order chi connectivity index (χ0) is 18.4. The van der Waals surface area contributed by atoms with Crippen LogP contribution in [-0.4, -0.2) is 24.7 Å². The quantitative estimate of drug-likeness (QED) is 0.576. The van der Waals surface area contributed by atoms with Crippen molar-refractivity contribution in [2.45, 2.75) is 56.2 Å². The van der Waals surface area contributed by atoms with Gasteiger partial charge in [0.05, 0.1) is 0 Å². The smallest absolute Gasteiger partial charge is 0.362 e. The molecule has 0 saturated heterocycles. The number of benzene rings is 1. The topological polar surface area (TPSA) is 55.8 Å². The molecule has 142 valence electrons. The molecule has 0 spiro atoms. The van der Waals surface area contributed by atoms with Crippen molar-refractivity contribution in [3.8, 4) is 0 Å². The van der Waals surface area contributed by atoms with Crippen molar-refractivity contribution in [2.75, 3.05) is 14.2 Å². The Morgan fingerprint density at radius 1 is 1.00 bits per heavy atom. The lowest BCUT2D eigenvalue weighted by Crippen LogP contribution is -2.54. The van der Waals surface area contributed by atoms with Crippen LogP contribution in [0.1, 0.15) is 56.4 Å². The van der Waals surface area contributed by atoms with E-state index in [1.54, 1.807) is 0 Å². The first kappa shape index (κ1) is 18.4. The molecule has 0 unspecified atom stereocenters. The number of fused-ring (bicyclic) bond motifs is 3. The first-order valence-electron chi connectivity index (χ1n) is 9.77. The normalized spacial score (nSPS) is 34.5. The van der Waals surface area contributed by atoms with E-state index in [0.717, 1.165) is 38.5 Å². The summed E-state index contributed by atoms with van der Waals surface area (Å²) in [6, 6.07) is 10.4. The van der Waals surface area contributed by atoms with Crippen LogP contribution in [0, 0.1) is 11.8 Å². The molecule has 3 aliphatic rings. The number of allylic oxidation sites excluding steroid dienone is 1. The van der Waals surface area contributed by atoms with Crippen molar-refractivity contribution >= 4 is 7.60 Å². The minimum atomic E-state index is -3.65. The van der Waals surface area contributed by atoms with Gasteiger partial charge < -0.3 is 14.2 Å². The zero-order valence-corrected chi connectivity index (χ0v) is 16.6. The lowest BCUT2D eigenvalue weighted by atomic mass is 9.57. The van der Waals surface area contributed by atoms with Crippen LogP contribution in [0.4, 0.5) is 0 Å². The van der Waals surface area contributed by atoms with E-state index < -0.39 is 12.9 Å². The van der Waals surface area contributed by atoms with Gasteiger partial charge in [-0.2, -0.15) is 0 Å². The molecule has 1 fully saturated rings. The van der Waals surface area contributed by atoms with Gasteiger partial charge in [0, 0.05) is 32.0 Å². The Kier molecular flexibility index (Phi) is 4.90. The van der Waals surface area contributed by atoms with Crippen molar-refractivity contribution in [3.63, 3.8) is 0 Å². The van der Waals surface area contributed by atoms with Gasteiger partial charge in [-0.05, 0) is 44.1 Å². The molecule has 1 N–H and O–H groups in total. The standard InChI is InChI=1S/C21H29O4P/c1-24-26(23,25-2)21(22)18-13-8-14-19(21)20(15-9-4-3-5-10-15)17-12-7-6-11-16(17)18/h3-5,9-10,18-20,22H,6-8,11-14H2,1-2H3/t18-,19-,20+,21+/m1/s1. The molecule has 4 nitrogen and oxygen atoms in total. The lowest BCUT2D eigenvalue weighted by Gasteiger charge is -2.56. The van der Waals surface area contributed by atoms with Gasteiger partial charge >= 0.3 is 7.60 Å². The average Bonchev–Trinajstić information content (AvgIpc) is 2.68. The van der Waals surface area contributed by atoms with E-state index in [2.05, 4.69) is 24.3 Å². The molecule has 3 aliphatic carbocycles. The van der Waals surface area contributed by atoms with Gasteiger partial charge in [0.25, 0.3) is 0 Å². The summed E-state index contributed by atoms with van der Waals surface area (Å²) in [5.41, 5.74) is 4.03. The summed E-state index contributed by atoms with van der Waals surface area (Å²) in [6.07, 6.45) is 7.18. The Morgan fingerprint density at radius 3 is 2.31 bits per heavy atom. The molecule has 1 aromatic carbocycles. The van der Waals surface area contributed by atoms with Crippen LogP contribution in [0.3, 0.4) is 0 Å². The molecule has 5 heteroatoms. The van der Waals surface area contributed by atoms with Crippen LogP contribution in [0.2, 0.25) is 0 Å². The SMILES string of the molecule is COP(=O)(OC)[C@@]1(O)[C@@H]2CCC[C@@H]1[C@@H](c1ccccc1)C1=C2CCCC1. The van der Waals surface area contributed by atoms with Crippen molar-refractivity contribution < 1.29 is 18.7 Å². The number of hydrogen-bond donors (Lipinski definition) is 1. The Hall–Kier alpha value is -0.930. The van der Waals surface area contributed by atoms with Gasteiger partial charge in [0.2, 0.25) is 0 Å². The predicted molar refractivity (Wildman–Crippen MR) is 102 cm³/mol. The molecule has 0 radical (unpaired) electrons. The third-order valence-corrected chi connectivity index (χ3v) is 9.38. The van der Waals surface area contributed by atoms with Crippen LogP contribution in [0.25, 0.3) is 0 Å². The summed E-state index contributed by atoms with van der Waals surface area (Å²) in [5.74, 6) is -0.139. The Balaban J connectivity index is 1.94. The van der Waals surface area contributed by atoms with Gasteiger partial charge in [-0.15, -0.1) is 0 Å². The molecule has 0 amide bonds. The number of aliphatic hydroxyl groups is 1. The molecule has 0 heterocycles. The van der Waals surface area contributed by atoms with E-state index in [4.69, 9.17) is 9.05 Å². The molecule has 0 aliphatic heterocycles. The van der Waals surface area contributed by atoms with Crippen molar-refractivity contribution in [2.24, 2.45) is 11.8 Å². The fourth-order valence-corrected chi connectivity index (χ4v) is 7.96. The second-order valence-corrected chi connectivity index (χ2v) is 10.3. The van der Waals surface area contributed by atoms with Gasteiger partial charge in [-0.25, -0.2) is 0 Å². The molecular formula is C21H29O4P. The van der Waals surface area contributed by atoms with Crippen LogP contribution >= 0.6 is 7.60 Å². The summed E-state index contributed by atoms with van der Waals surface area (Å²) >= 11 is 0. The minimum Gasteiger partial charge on any atom is -0.377 e. The van der Waals surface area contributed by atoms with Crippen LogP contribution in [0.15, 0.2) is 41.5 Å². The summed E-state index contributed by atoms with van der Waals surface area (Å²) in [4.78, 5) is 0. The van der Waals surface area contributed by atoms with E-state index in [1.807, 2.05) is 6.07 Å². The fourth-order valence-electron chi connectivity index (χ4n) is 5.87. The average molecular weight is 376 g/mol. The van der Waals surface area contributed by atoms with Gasteiger partial charge in [-0.1, -0.05) is 47.9 Å². The van der Waals surface area contributed by atoms with Crippen molar-refractivity contribution in [1.29, 1.82) is 0 Å². The lowest BCUT2D eigenvalue weighted by molar-refractivity contribution is -0.0529. The van der Waals surface area contributed by atoms with E-state index in [1.165, 1.54) is 37.4 Å². The number of hydrogen-bond acceptors (Lipinski definition) is 4. The maximum atomic E-state index is 13.6. The van der Waals surface area contributed by atoms with E-state index in [-0.39, 0.29) is 17.8 Å². The highest BCUT2D eigenvalue weighted by Crippen LogP contribution is 2.73. The summed E-state index contributed by atoms with van der Waals surface area (Å²) < 4.78 is 24.4. The molecule has 0 aromatic heterocycles. The van der Waals surface area contributed by atoms with Crippen molar-refractivity contribution in [3.05, 3.63) is 47.0 Å². The first-order chi connectivity index (χ1) is 12.6. The minimum absolute atomic E-state index is 0.103. The highest BCUT2D eigenvalue weighted by atomic mass is 31.2. The van der Waals surface area contributed by atoms with Gasteiger partial charge in [0.1, 0.15) is 0 Å². The third kappa shape index (κ3) is 2.50. The van der Waals surface area contributed by atoms with Crippen molar-refractivity contribution in [1.82, 2.24) is 0 Å². The summed E-state index contributed by atoms with van der Waals surface area (Å²) in [7, 11) is -0.840. The second-order valence-electron chi connectivity index (χ2n) is 7.88. The van der Waals surface area contributed by atoms with Gasteiger partial charge in [0.15, 0.2) is 5.34 Å². The monoisotopic (exact) mass is 376 g/mol. The summed E-state index contributed by atoms with van der Waals surface area (Å²) in [5, 5.41) is 10.6. The molecule has 1 saturated carbocycles. The Bertz CT molecular complexity index is 736. The molecule has 2 bridgehead atoms. The van der Waals surface area contributed by atoms with Crippen LogP contribution in [-0.2, 0) is 13.6 Å². The fraction of sp³-hybridized carbons (Fsp3) is 0.619. The highest BCUT2D eigenvalue weighted by Gasteiger charge is 2.65. The predicted octanol–water partition coefficient (Wildman–Crippen LogP) is 5.25. The molecule has 1 aromatic rings. The van der Waals surface area contributed by atoms with E-state index in [9.17, 15) is 9.67 Å². The van der Waals surface area contributed by atoms with Crippen LogP contribution in [0.5, 0.6) is 0 Å². The molecule has 26 heavy (non-hydrogen) atoms. The summed E-state index contributed by atoms with van der Waals surface area (Å²) in [6.45, 7) is 0. The molecule has 4 rings (SSSR count). The maximum Gasteiger partial charge on any atom is 0.362 e. The third-order valence-electron chi connectivity index (χ3n) is 6.90. The number of rotatable bonds is 4. The molecule has 4 atom stereocenters. The Morgan fingerprint density at radius 2 is 1.65 bits per heavy atom. The molecular weight excluding hydrogens is 347 g/mol. The van der Waals surface area contributed by atoms with E-state index >= 15 is 0 Å². The zero-order valence-electron chi connectivity index (χ0n) is 15.7. The highest BCUT2D eigenvalue weighted by molar-refractivity contribution is 7.55. The first-order valence-corrected chi connectivity index (χ1v) is 11.3. The van der Waals surface area contributed by atoms with Gasteiger partial charge in [-0.3, -0.25) is 4.57 Å². The second kappa shape index (κ2) is 6.91. The van der Waals surface area contributed by atoms with E-state index in [0.29, 0.717) is 0 Å². The van der Waals surface area contributed by atoms with Crippen LogP contribution < -0.4 is 0 Å².